The summed E-state index contributed by atoms with van der Waals surface area (Å²) in [6.07, 6.45) is -14.1. The number of hydrogen-bond donors (Lipinski definition) is 5. The molecule has 1 aromatic carbocycles. The van der Waals surface area contributed by atoms with E-state index in [0.717, 1.165) is 0 Å². The Morgan fingerprint density at radius 1 is 0.852 bits per heavy atom. The highest BCUT2D eigenvalue weighted by Crippen LogP contribution is 2.42. The van der Waals surface area contributed by atoms with Crippen molar-refractivity contribution in [3.63, 3.8) is 0 Å². The van der Waals surface area contributed by atoms with Crippen LogP contribution in [0, 0.1) is 53.2 Å². The number of esters is 2. The van der Waals surface area contributed by atoms with Crippen LogP contribution in [0.4, 0.5) is 14.9 Å². The van der Waals surface area contributed by atoms with Crippen LogP contribution in [0.3, 0.4) is 0 Å². The largest absolute Gasteiger partial charge is 0.461 e. The summed E-state index contributed by atoms with van der Waals surface area (Å²) in [5.74, 6) is -8.71. The third-order valence-corrected chi connectivity index (χ3v) is 18.1. The minimum Gasteiger partial charge on any atom is -0.461 e. The molecule has 1 aromatic heterocycles. The zero-order valence-electron chi connectivity index (χ0n) is 53.5. The number of rotatable bonds is 19. The summed E-state index contributed by atoms with van der Waals surface area (Å²) in [5, 5.41) is 70.8. The number of carbonyl (C=O) groups is 4. The van der Waals surface area contributed by atoms with Crippen LogP contribution in [-0.4, -0.2) is 201 Å². The monoisotopic (exact) mass is 1250 g/mol. The third kappa shape index (κ3) is 17.0. The van der Waals surface area contributed by atoms with Crippen LogP contribution in [0.25, 0.3) is 0 Å². The fraction of sp³-hybridized carbons (Fsp3) is 0.790. The van der Waals surface area contributed by atoms with Crippen molar-refractivity contribution < 1.29 is 101 Å². The molecule has 0 radical (unpaired) electrons. The number of oxime groups is 1. The van der Waals surface area contributed by atoms with E-state index in [-0.39, 0.29) is 70.0 Å². The van der Waals surface area contributed by atoms with Gasteiger partial charge in [-0.15, -0.1) is 5.10 Å². The Morgan fingerprint density at radius 2 is 1.56 bits per heavy atom. The number of cyclic esters (lactones) is 2. The Bertz CT molecular complexity index is 2680. The van der Waals surface area contributed by atoms with E-state index in [2.05, 4.69) is 15.5 Å². The maximum absolute atomic E-state index is 15.3. The number of aromatic nitrogens is 3. The number of nitrogens with zero attached hydrogens (tertiary/aromatic N) is 5. The molecule has 5 aliphatic rings. The molecule has 4 aliphatic heterocycles. The lowest BCUT2D eigenvalue weighted by Crippen LogP contribution is -2.59. The number of aliphatic hydroxyl groups excluding tert-OH is 3. The highest BCUT2D eigenvalue weighted by Gasteiger charge is 2.52. The quantitative estimate of drug-likeness (QED) is 0.0698. The second-order valence-electron chi connectivity index (χ2n) is 26.4. The molecular weight excluding hydrogens is 1150 g/mol. The van der Waals surface area contributed by atoms with E-state index in [4.69, 9.17) is 52.2 Å². The van der Waals surface area contributed by atoms with Crippen molar-refractivity contribution in [1.29, 1.82) is 0 Å². The number of anilines is 1. The number of halogens is 1. The normalized spacial score (nSPS) is 39.8. The van der Waals surface area contributed by atoms with Crippen LogP contribution < -0.4 is 4.90 Å². The van der Waals surface area contributed by atoms with Gasteiger partial charge in [-0.2, -0.15) is 0 Å². The molecule has 7 rings (SSSR count). The summed E-state index contributed by atoms with van der Waals surface area (Å²) >= 11 is 0. The molecule has 4 saturated heterocycles. The molecular formula is C62H96FN5O20. The van der Waals surface area contributed by atoms with Crippen molar-refractivity contribution >= 4 is 35.2 Å². The van der Waals surface area contributed by atoms with E-state index in [1.807, 2.05) is 13.8 Å². The molecule has 24 atom stereocenters. The molecule has 5 N–H and O–H groups in total. The van der Waals surface area contributed by atoms with E-state index in [1.165, 1.54) is 55.8 Å². The molecule has 88 heavy (non-hydrogen) atoms. The van der Waals surface area contributed by atoms with Crippen LogP contribution in [0.5, 0.6) is 0 Å². The summed E-state index contributed by atoms with van der Waals surface area (Å²) in [6.45, 7) is 22.0. The lowest BCUT2D eigenvalue weighted by Gasteiger charge is -2.46. The van der Waals surface area contributed by atoms with Gasteiger partial charge in [-0.3, -0.25) is 19.3 Å². The fourth-order valence-corrected chi connectivity index (χ4v) is 13.4. The van der Waals surface area contributed by atoms with Gasteiger partial charge in [0.2, 0.25) is 0 Å². The summed E-state index contributed by atoms with van der Waals surface area (Å²) in [6, 6.07) is 5.63. The van der Waals surface area contributed by atoms with E-state index in [1.54, 1.807) is 74.6 Å². The molecule has 0 bridgehead atoms. The van der Waals surface area contributed by atoms with E-state index in [9.17, 15) is 39.5 Å². The van der Waals surface area contributed by atoms with Crippen molar-refractivity contribution in [2.45, 2.75) is 238 Å². The minimum atomic E-state index is -2.12. The van der Waals surface area contributed by atoms with Crippen LogP contribution in [0.2, 0.25) is 0 Å². The maximum atomic E-state index is 15.3. The van der Waals surface area contributed by atoms with Gasteiger partial charge in [0.25, 0.3) is 0 Å². The Kier molecular flexibility index (Phi) is 24.1. The molecule has 25 nitrogen and oxygen atoms in total. The average molecular weight is 1250 g/mol. The standard InChI is InChI=1S/C62H96FN5O20/c1-30(2)19-46(69)86-51-36(8)50(33(5)28-80-59-54(79-15)53(78-14)47(70)39(11)83-59)87-57(74)38(10)52(84-43-20-31(3)55(72)62(13,77)24-43)35(7)49(32(4)23-61(12,76)56(73)37(51)9)88-58-48(71)45(21-34(6)82-58)65-81-29-41-25-67(66-64-41)26-44-27-68(60(75)85-44)42-18-16-17-40(63)22-42/h16-18,22,25,30-39,43-44,47-55,58-59,70-72,76-77H,19-21,23-24,26-29H2,1-15H3/t31-,32+,33+,34-,35-,36+,37-,38-,39-,43-,44+,47-,48-,49+,50-,51-,52+,53-,54-,55+,58+,59-,61+,62-/m1/s1. The average Bonchev–Trinajstić information content (AvgIpc) is 1.41. The van der Waals surface area contributed by atoms with Gasteiger partial charge in [0, 0.05) is 51.2 Å². The Hall–Kier alpha value is -4.84. The first-order valence-corrected chi connectivity index (χ1v) is 30.9. The van der Waals surface area contributed by atoms with Gasteiger partial charge >= 0.3 is 18.0 Å². The Morgan fingerprint density at radius 3 is 2.22 bits per heavy atom. The van der Waals surface area contributed by atoms with Gasteiger partial charge in [-0.1, -0.05) is 71.8 Å². The molecule has 0 unspecified atom stereocenters. The van der Waals surface area contributed by atoms with E-state index < -0.39 is 174 Å². The first-order chi connectivity index (χ1) is 41.3. The molecule has 0 spiro atoms. The van der Waals surface area contributed by atoms with Gasteiger partial charge < -0.3 is 77.7 Å². The summed E-state index contributed by atoms with van der Waals surface area (Å²) in [4.78, 5) is 64.0. The SMILES string of the molecule is CO[C@@H]1[C@H](O)[C@@H](C)O[C@@H](OC[C@H](C)[C@H]2OC(=O)[C@H](C)[C@@H](O[C@@H]3C[C@@H](C)[C@H](O)[C@](C)(O)C3)[C@H](C)[C@@H](O[C@@H]3O[C@H](C)CC(=NOCc4cn(C[C@H]5CN(c6cccc(F)c6)C(=O)O5)nn4)[C@H]3O)[C@@H](C)C[C@](C)(O)C(=O)[C@H](C)[C@H](OC(=O)CC(C)C)[C@H]2C)[C@@H]1OC. The van der Waals surface area contributed by atoms with Crippen LogP contribution >= 0.6 is 0 Å². The van der Waals surface area contributed by atoms with Crippen molar-refractivity contribution in [3.05, 3.63) is 42.0 Å². The zero-order valence-corrected chi connectivity index (χ0v) is 53.5. The first-order valence-electron chi connectivity index (χ1n) is 30.9. The van der Waals surface area contributed by atoms with Gasteiger partial charge in [0.15, 0.2) is 25.0 Å². The number of benzene rings is 1. The lowest BCUT2D eigenvalue weighted by atomic mass is 9.73. The predicted molar refractivity (Wildman–Crippen MR) is 312 cm³/mol. The molecule has 26 heteroatoms. The van der Waals surface area contributed by atoms with Crippen molar-refractivity contribution in [1.82, 2.24) is 15.0 Å². The van der Waals surface area contributed by atoms with Crippen LogP contribution in [-0.2, 0) is 79.7 Å². The van der Waals surface area contributed by atoms with Crippen molar-refractivity contribution in [2.24, 2.45) is 52.5 Å². The molecule has 5 heterocycles. The number of amides is 1. The molecule has 5 fully saturated rings. The summed E-state index contributed by atoms with van der Waals surface area (Å²) in [5.41, 5.74) is -2.84. The van der Waals surface area contributed by atoms with Crippen LogP contribution in [0.1, 0.15) is 128 Å². The molecule has 496 valence electrons. The number of carbonyl (C=O) groups excluding carboxylic acids is 4. The van der Waals surface area contributed by atoms with Gasteiger partial charge in [0.1, 0.15) is 59.8 Å². The zero-order chi connectivity index (χ0) is 64.9. The number of ketones is 1. The number of hydrogen-bond acceptors (Lipinski definition) is 23. The molecule has 2 aromatic rings. The maximum Gasteiger partial charge on any atom is 0.414 e. The highest BCUT2D eigenvalue weighted by molar-refractivity contribution is 5.90. The lowest BCUT2D eigenvalue weighted by molar-refractivity contribution is -0.305. The van der Waals surface area contributed by atoms with Gasteiger partial charge in [0.05, 0.1) is 91.4 Å². The van der Waals surface area contributed by atoms with E-state index in [0.29, 0.717) is 11.4 Å². The number of methoxy groups -OCH3 is 2. The molecule has 1 aliphatic carbocycles. The summed E-state index contributed by atoms with van der Waals surface area (Å²) in [7, 11) is 2.87. The summed E-state index contributed by atoms with van der Waals surface area (Å²) < 4.78 is 77.9. The van der Waals surface area contributed by atoms with Crippen molar-refractivity contribution in [2.75, 3.05) is 32.3 Å². The predicted octanol–water partition coefficient (Wildman–Crippen LogP) is 5.05. The second-order valence-corrected chi connectivity index (χ2v) is 26.4. The highest BCUT2D eigenvalue weighted by atomic mass is 19.1. The number of aliphatic hydroxyl groups is 5. The third-order valence-electron chi connectivity index (χ3n) is 18.1. The minimum absolute atomic E-state index is 0.00259. The van der Waals surface area contributed by atoms with Gasteiger partial charge in [-0.25, -0.2) is 13.9 Å². The number of Topliss-reactive ketones (excluding diaryl/α,β-unsaturated/α-hetero) is 1. The number of ether oxygens (including phenoxy) is 10. The fourth-order valence-electron chi connectivity index (χ4n) is 13.4. The van der Waals surface area contributed by atoms with Crippen LogP contribution in [0.15, 0.2) is 35.6 Å². The van der Waals surface area contributed by atoms with Gasteiger partial charge in [-0.05, 0) is 83.4 Å². The Balaban J connectivity index is 1.18. The van der Waals surface area contributed by atoms with E-state index >= 15 is 9.59 Å². The Labute approximate surface area is 515 Å². The topological polar surface area (TPSA) is 317 Å². The molecule has 1 saturated carbocycles. The van der Waals surface area contributed by atoms with Crippen molar-refractivity contribution in [3.8, 4) is 0 Å². The first kappa shape index (κ1) is 70.6. The molecule has 1 amide bonds. The second kappa shape index (κ2) is 30.1. The smallest absolute Gasteiger partial charge is 0.414 e.